The number of benzene rings is 1. The highest BCUT2D eigenvalue weighted by Gasteiger charge is 2.42. The van der Waals surface area contributed by atoms with E-state index in [4.69, 9.17) is 9.47 Å². The van der Waals surface area contributed by atoms with Crippen LogP contribution in [-0.4, -0.2) is 75.0 Å². The number of aromatic hydroxyl groups is 1. The third-order valence-electron chi connectivity index (χ3n) is 5.99. The molecule has 0 amide bonds. The number of carbonyl (C=O) groups is 1. The molecule has 0 spiro atoms. The van der Waals surface area contributed by atoms with Crippen LogP contribution in [-0.2, 0) is 22.4 Å². The number of phenolic OH excluding ortho intramolecular Hbond substituents is 1. The van der Waals surface area contributed by atoms with Crippen LogP contribution in [0.15, 0.2) is 12.1 Å². The van der Waals surface area contributed by atoms with Crippen LogP contribution in [0.5, 0.6) is 11.5 Å². The zero-order valence-corrected chi connectivity index (χ0v) is 17.7. The van der Waals surface area contributed by atoms with Crippen molar-refractivity contribution in [1.29, 1.82) is 0 Å². The van der Waals surface area contributed by atoms with Gasteiger partial charge in [-0.15, -0.1) is 0 Å². The number of aliphatic hydroxyl groups excluding tert-OH is 2. The van der Waals surface area contributed by atoms with E-state index in [9.17, 15) is 25.2 Å². The predicted octanol–water partition coefficient (Wildman–Crippen LogP) is 1.67. The van der Waals surface area contributed by atoms with E-state index in [-0.39, 0.29) is 17.9 Å². The molecule has 8 heteroatoms. The fourth-order valence-electron chi connectivity index (χ4n) is 4.53. The lowest BCUT2D eigenvalue weighted by molar-refractivity contribution is -0.228. The number of phenols is 1. The molecule has 168 valence electrons. The Bertz CT molecular complexity index is 734. The second-order valence-corrected chi connectivity index (χ2v) is 8.22. The van der Waals surface area contributed by atoms with Gasteiger partial charge in [-0.05, 0) is 56.8 Å². The summed E-state index contributed by atoms with van der Waals surface area (Å²) in [4.78, 5) is 13.8. The average molecular weight is 424 g/mol. The summed E-state index contributed by atoms with van der Waals surface area (Å²) in [5.74, 6) is -1.13. The molecule has 0 aromatic heterocycles. The van der Waals surface area contributed by atoms with Crippen LogP contribution >= 0.6 is 0 Å². The van der Waals surface area contributed by atoms with Crippen LogP contribution in [0.4, 0.5) is 0 Å². The molecule has 1 aliphatic carbocycles. The molecule has 1 fully saturated rings. The van der Waals surface area contributed by atoms with Crippen LogP contribution in [0.3, 0.4) is 0 Å². The van der Waals surface area contributed by atoms with Gasteiger partial charge in [-0.25, -0.2) is 4.79 Å². The average Bonchev–Trinajstić information content (AvgIpc) is 2.72. The van der Waals surface area contributed by atoms with Gasteiger partial charge in [-0.1, -0.05) is 19.9 Å². The molecular formula is C22H33NO7. The van der Waals surface area contributed by atoms with Crippen LogP contribution in [0.25, 0.3) is 0 Å². The monoisotopic (exact) mass is 423 g/mol. The predicted molar refractivity (Wildman–Crippen MR) is 110 cm³/mol. The van der Waals surface area contributed by atoms with Gasteiger partial charge in [-0.3, -0.25) is 0 Å². The number of nitrogens with zero attached hydrogens (tertiary/aromatic N) is 1. The van der Waals surface area contributed by atoms with Crippen molar-refractivity contribution in [1.82, 2.24) is 4.90 Å². The molecule has 8 nitrogen and oxygen atoms in total. The first-order valence-electron chi connectivity index (χ1n) is 10.8. The van der Waals surface area contributed by atoms with Gasteiger partial charge in [0.15, 0.2) is 17.6 Å². The van der Waals surface area contributed by atoms with Crippen molar-refractivity contribution in [3.05, 3.63) is 23.3 Å². The lowest BCUT2D eigenvalue weighted by atomic mass is 9.86. The number of carboxylic acid groups (broad SMARTS) is 1. The lowest BCUT2D eigenvalue weighted by Crippen LogP contribution is -2.53. The SMILES string of the molecule is CCCN(CCC)C1CCc2c(ccc(O)c2OC2CC(O)C(O)C(C(=O)O)O2)C1. The van der Waals surface area contributed by atoms with E-state index < -0.39 is 30.6 Å². The van der Waals surface area contributed by atoms with Crippen molar-refractivity contribution in [2.24, 2.45) is 0 Å². The second kappa shape index (κ2) is 9.96. The number of fused-ring (bicyclic) bond motifs is 1. The smallest absolute Gasteiger partial charge is 0.335 e. The molecule has 1 aromatic carbocycles. The zero-order valence-electron chi connectivity index (χ0n) is 17.7. The Labute approximate surface area is 177 Å². The van der Waals surface area contributed by atoms with Gasteiger partial charge in [0.25, 0.3) is 0 Å². The van der Waals surface area contributed by atoms with Gasteiger partial charge in [0, 0.05) is 18.0 Å². The first-order chi connectivity index (χ1) is 14.3. The van der Waals surface area contributed by atoms with Crippen molar-refractivity contribution in [2.75, 3.05) is 13.1 Å². The minimum Gasteiger partial charge on any atom is -0.504 e. The summed E-state index contributed by atoms with van der Waals surface area (Å²) in [6, 6.07) is 3.94. The van der Waals surface area contributed by atoms with Crippen molar-refractivity contribution in [3.8, 4) is 11.5 Å². The van der Waals surface area contributed by atoms with Gasteiger partial charge >= 0.3 is 5.97 Å². The number of hydrogen-bond acceptors (Lipinski definition) is 7. The zero-order chi connectivity index (χ0) is 21.8. The number of ether oxygens (including phenoxy) is 2. The van der Waals surface area contributed by atoms with Crippen LogP contribution in [0.2, 0.25) is 0 Å². The molecule has 3 rings (SSSR count). The minimum atomic E-state index is -1.58. The van der Waals surface area contributed by atoms with E-state index in [1.54, 1.807) is 6.07 Å². The van der Waals surface area contributed by atoms with Crippen molar-refractivity contribution < 1.29 is 34.7 Å². The maximum Gasteiger partial charge on any atom is 0.335 e. The van der Waals surface area contributed by atoms with Gasteiger partial charge in [0.2, 0.25) is 6.29 Å². The van der Waals surface area contributed by atoms with Crippen LogP contribution < -0.4 is 4.74 Å². The van der Waals surface area contributed by atoms with Crippen LogP contribution in [0, 0.1) is 0 Å². The second-order valence-electron chi connectivity index (χ2n) is 8.22. The molecule has 2 aliphatic rings. The molecule has 1 aliphatic heterocycles. The maximum atomic E-state index is 11.3. The Morgan fingerprint density at radius 3 is 2.57 bits per heavy atom. The molecule has 0 radical (unpaired) electrons. The highest BCUT2D eigenvalue weighted by molar-refractivity contribution is 5.73. The Morgan fingerprint density at radius 1 is 1.23 bits per heavy atom. The molecule has 5 atom stereocenters. The van der Waals surface area contributed by atoms with Gasteiger partial charge in [0.05, 0.1) is 6.10 Å². The van der Waals surface area contributed by atoms with Crippen molar-refractivity contribution >= 4 is 5.97 Å². The van der Waals surface area contributed by atoms with E-state index in [1.807, 2.05) is 6.07 Å². The summed E-state index contributed by atoms with van der Waals surface area (Å²) < 4.78 is 11.2. The molecule has 1 saturated heterocycles. The Hall–Kier alpha value is -1.87. The van der Waals surface area contributed by atoms with E-state index in [0.717, 1.165) is 56.3 Å². The van der Waals surface area contributed by atoms with E-state index in [2.05, 4.69) is 18.7 Å². The van der Waals surface area contributed by atoms with Gasteiger partial charge in [0.1, 0.15) is 6.10 Å². The number of carboxylic acids is 1. The molecule has 5 unspecified atom stereocenters. The van der Waals surface area contributed by atoms with Gasteiger partial charge < -0.3 is 34.8 Å². The highest BCUT2D eigenvalue weighted by Crippen LogP contribution is 2.39. The third-order valence-corrected chi connectivity index (χ3v) is 5.99. The molecule has 1 aromatic rings. The molecule has 0 bridgehead atoms. The molecule has 0 saturated carbocycles. The topological polar surface area (TPSA) is 120 Å². The van der Waals surface area contributed by atoms with E-state index in [1.165, 1.54) is 0 Å². The van der Waals surface area contributed by atoms with Crippen molar-refractivity contribution in [3.63, 3.8) is 0 Å². The quantitative estimate of drug-likeness (QED) is 0.499. The Morgan fingerprint density at radius 2 is 1.93 bits per heavy atom. The van der Waals surface area contributed by atoms with Gasteiger partial charge in [-0.2, -0.15) is 0 Å². The van der Waals surface area contributed by atoms with Crippen molar-refractivity contribution in [2.45, 2.75) is 83.0 Å². The number of aliphatic carboxylic acids is 1. The fraction of sp³-hybridized carbons (Fsp3) is 0.682. The highest BCUT2D eigenvalue weighted by atomic mass is 16.7. The Balaban J connectivity index is 1.78. The summed E-state index contributed by atoms with van der Waals surface area (Å²) in [5, 5.41) is 39.5. The summed E-state index contributed by atoms with van der Waals surface area (Å²) in [6.07, 6.45) is -0.814. The summed E-state index contributed by atoms with van der Waals surface area (Å²) >= 11 is 0. The molecule has 4 N–H and O–H groups in total. The molecule has 30 heavy (non-hydrogen) atoms. The summed E-state index contributed by atoms with van der Waals surface area (Å²) in [7, 11) is 0. The van der Waals surface area contributed by atoms with E-state index in [0.29, 0.717) is 6.04 Å². The first kappa shape index (κ1) is 22.8. The van der Waals surface area contributed by atoms with E-state index >= 15 is 0 Å². The lowest BCUT2D eigenvalue weighted by Gasteiger charge is -2.37. The third kappa shape index (κ3) is 4.88. The van der Waals surface area contributed by atoms with Crippen LogP contribution in [0.1, 0.15) is 50.7 Å². The number of rotatable bonds is 8. The first-order valence-corrected chi connectivity index (χ1v) is 10.8. The summed E-state index contributed by atoms with van der Waals surface area (Å²) in [6.45, 7) is 6.48. The fourth-order valence-corrected chi connectivity index (χ4v) is 4.53. The minimum absolute atomic E-state index is 0.0396. The maximum absolute atomic E-state index is 11.3. The normalized spacial score (nSPS) is 28.9. The largest absolute Gasteiger partial charge is 0.504 e. The summed E-state index contributed by atoms with van der Waals surface area (Å²) in [5.41, 5.74) is 2.00. The Kier molecular flexibility index (Phi) is 7.57. The number of hydrogen-bond donors (Lipinski definition) is 4. The standard InChI is InChI=1S/C22H33NO7/c1-3-9-23(10-4-2)14-6-7-15-13(11-14)5-8-16(24)20(15)29-18-12-17(25)19(26)21(30-18)22(27)28/h5,8,14,17-19,21,24-26H,3-4,6-7,9-12H2,1-2H3,(H,27,28). The molecular weight excluding hydrogens is 390 g/mol. The molecule has 1 heterocycles. The number of aliphatic hydroxyl groups is 2.